The lowest BCUT2D eigenvalue weighted by Gasteiger charge is -2.35. The zero-order valence-corrected chi connectivity index (χ0v) is 14.6. The Bertz CT molecular complexity index is 617. The minimum atomic E-state index is -0.0975. The lowest BCUT2D eigenvalue weighted by Crippen LogP contribution is -2.50. The third kappa shape index (κ3) is 2.63. The first-order valence-electron chi connectivity index (χ1n) is 6.82. The van der Waals surface area contributed by atoms with Gasteiger partial charge in [-0.05, 0) is 54.8 Å². The first-order chi connectivity index (χ1) is 9.56. The highest BCUT2D eigenvalue weighted by Crippen LogP contribution is 2.26. The predicted octanol–water partition coefficient (Wildman–Crippen LogP) is 2.82. The molecule has 0 radical (unpaired) electrons. The number of rotatable bonds is 2. The lowest BCUT2D eigenvalue weighted by atomic mass is 10.3. The van der Waals surface area contributed by atoms with Gasteiger partial charge >= 0.3 is 0 Å². The van der Waals surface area contributed by atoms with Crippen molar-refractivity contribution >= 4 is 45.2 Å². The number of nitrogens with zero attached hydrogens (tertiary/aromatic N) is 4. The summed E-state index contributed by atoms with van der Waals surface area (Å²) in [5.41, 5.74) is 2.18. The number of benzene rings is 1. The van der Waals surface area contributed by atoms with Crippen LogP contribution in [0.1, 0.15) is 18.1 Å². The number of imidazole rings is 1. The summed E-state index contributed by atoms with van der Waals surface area (Å²) in [5, 5.41) is 2.26. The highest BCUT2D eigenvalue weighted by Gasteiger charge is 2.22. The maximum atomic E-state index is 6.35. The Labute approximate surface area is 137 Å². The van der Waals surface area contributed by atoms with Crippen LogP contribution in [0.5, 0.6) is 0 Å². The number of fused-ring (bicyclic) bond motifs is 1. The third-order valence-electron chi connectivity index (χ3n) is 3.74. The Morgan fingerprint density at radius 1 is 1.25 bits per heavy atom. The Morgan fingerprint density at radius 3 is 2.60 bits per heavy atom. The van der Waals surface area contributed by atoms with Crippen LogP contribution in [0.4, 0.5) is 0 Å². The summed E-state index contributed by atoms with van der Waals surface area (Å²) in [4.78, 5) is 7.09. The number of aromatic nitrogens is 2. The van der Waals surface area contributed by atoms with Crippen LogP contribution in [0.25, 0.3) is 11.0 Å². The van der Waals surface area contributed by atoms with E-state index in [0.717, 1.165) is 43.0 Å². The van der Waals surface area contributed by atoms with Crippen molar-refractivity contribution in [1.82, 2.24) is 14.6 Å². The minimum Gasteiger partial charge on any atom is -0.308 e. The summed E-state index contributed by atoms with van der Waals surface area (Å²) in [7, 11) is 2.16. The van der Waals surface area contributed by atoms with Crippen LogP contribution in [0.15, 0.2) is 18.2 Å². The van der Waals surface area contributed by atoms with Crippen molar-refractivity contribution in [3.8, 4) is 0 Å². The second kappa shape index (κ2) is 5.69. The molecule has 1 atom stereocenters. The molecule has 1 fully saturated rings. The van der Waals surface area contributed by atoms with Gasteiger partial charge in [-0.25, -0.2) is 9.66 Å². The molecule has 6 heteroatoms. The van der Waals surface area contributed by atoms with Gasteiger partial charge in [0.05, 0.1) is 16.4 Å². The predicted molar refractivity (Wildman–Crippen MR) is 92.2 cm³/mol. The highest BCUT2D eigenvalue weighted by atomic mass is 127. The SMILES string of the molecule is CC(Cl)c1nc2cc(I)ccc2n1N1CCN(C)CC1. The zero-order chi connectivity index (χ0) is 14.3. The minimum absolute atomic E-state index is 0.0975. The van der Waals surface area contributed by atoms with Gasteiger partial charge in [0.25, 0.3) is 0 Å². The van der Waals surface area contributed by atoms with E-state index in [-0.39, 0.29) is 5.38 Å². The summed E-state index contributed by atoms with van der Waals surface area (Å²) in [6, 6.07) is 6.39. The molecule has 1 aliphatic rings. The summed E-state index contributed by atoms with van der Waals surface area (Å²) >= 11 is 8.67. The molecule has 20 heavy (non-hydrogen) atoms. The number of halogens is 2. The molecule has 2 heterocycles. The molecule has 0 spiro atoms. The van der Waals surface area contributed by atoms with Gasteiger partial charge in [0, 0.05) is 29.7 Å². The molecule has 108 valence electrons. The summed E-state index contributed by atoms with van der Waals surface area (Å²) < 4.78 is 3.42. The van der Waals surface area contributed by atoms with Crippen molar-refractivity contribution in [2.24, 2.45) is 0 Å². The molecule has 0 saturated carbocycles. The lowest BCUT2D eigenvalue weighted by molar-refractivity contribution is 0.287. The molecule has 0 N–H and O–H groups in total. The summed E-state index contributed by atoms with van der Waals surface area (Å²) in [6.45, 7) is 6.13. The third-order valence-corrected chi connectivity index (χ3v) is 4.60. The molecule has 2 aromatic rings. The van der Waals surface area contributed by atoms with E-state index in [1.165, 1.54) is 3.57 Å². The molecule has 1 aromatic carbocycles. The van der Waals surface area contributed by atoms with Gasteiger partial charge in [-0.2, -0.15) is 0 Å². The number of likely N-dealkylation sites (N-methyl/N-ethyl adjacent to an activating group) is 1. The largest absolute Gasteiger partial charge is 0.308 e. The smallest absolute Gasteiger partial charge is 0.146 e. The zero-order valence-electron chi connectivity index (χ0n) is 11.7. The van der Waals surface area contributed by atoms with Crippen molar-refractivity contribution in [2.45, 2.75) is 12.3 Å². The van der Waals surface area contributed by atoms with Gasteiger partial charge in [-0.1, -0.05) is 0 Å². The molecule has 0 aliphatic carbocycles. The van der Waals surface area contributed by atoms with E-state index in [0.29, 0.717) is 0 Å². The molecule has 1 aliphatic heterocycles. The molecule has 1 saturated heterocycles. The monoisotopic (exact) mass is 404 g/mol. The quantitative estimate of drug-likeness (QED) is 0.568. The number of hydrogen-bond donors (Lipinski definition) is 0. The van der Waals surface area contributed by atoms with Crippen molar-refractivity contribution in [3.05, 3.63) is 27.6 Å². The molecular weight excluding hydrogens is 387 g/mol. The second-order valence-corrected chi connectivity index (χ2v) is 7.19. The molecule has 4 nitrogen and oxygen atoms in total. The Balaban J connectivity index is 2.09. The first-order valence-corrected chi connectivity index (χ1v) is 8.33. The molecule has 0 amide bonds. The Morgan fingerprint density at radius 2 is 1.95 bits per heavy atom. The van der Waals surface area contributed by atoms with Gasteiger partial charge in [0.2, 0.25) is 0 Å². The molecule has 0 bridgehead atoms. The fourth-order valence-corrected chi connectivity index (χ4v) is 3.23. The normalized spacial score (nSPS) is 18.7. The van der Waals surface area contributed by atoms with Crippen LogP contribution >= 0.6 is 34.2 Å². The van der Waals surface area contributed by atoms with E-state index >= 15 is 0 Å². The van der Waals surface area contributed by atoms with E-state index in [1.54, 1.807) is 0 Å². The van der Waals surface area contributed by atoms with E-state index in [1.807, 2.05) is 6.92 Å². The molecule has 3 rings (SSSR count). The fraction of sp³-hybridized carbons (Fsp3) is 0.500. The van der Waals surface area contributed by atoms with Crippen LogP contribution < -0.4 is 5.01 Å². The fourth-order valence-electron chi connectivity index (χ4n) is 2.61. The molecule has 1 aromatic heterocycles. The van der Waals surface area contributed by atoms with Crippen molar-refractivity contribution < 1.29 is 0 Å². The number of hydrogen-bond acceptors (Lipinski definition) is 3. The van der Waals surface area contributed by atoms with Crippen LogP contribution in [0.3, 0.4) is 0 Å². The molecule has 1 unspecified atom stereocenters. The van der Waals surface area contributed by atoms with E-state index in [9.17, 15) is 0 Å². The van der Waals surface area contributed by atoms with Crippen LogP contribution in [0, 0.1) is 3.57 Å². The maximum absolute atomic E-state index is 6.35. The average molecular weight is 405 g/mol. The van der Waals surface area contributed by atoms with Gasteiger partial charge in [0.1, 0.15) is 5.82 Å². The average Bonchev–Trinajstić information content (AvgIpc) is 2.78. The Hall–Kier alpha value is -0.530. The van der Waals surface area contributed by atoms with Crippen LogP contribution in [-0.4, -0.2) is 47.8 Å². The standard InChI is InChI=1S/C14H18ClIN4/c1-10(15)14-17-12-9-11(16)3-4-13(12)20(14)19-7-5-18(2)6-8-19/h3-4,9-10H,5-8H2,1-2H3. The number of piperazine rings is 1. The van der Waals surface area contributed by atoms with Gasteiger partial charge in [0.15, 0.2) is 0 Å². The highest BCUT2D eigenvalue weighted by molar-refractivity contribution is 14.1. The first kappa shape index (κ1) is 14.4. The summed E-state index contributed by atoms with van der Waals surface area (Å²) in [5.74, 6) is 0.938. The van der Waals surface area contributed by atoms with Gasteiger partial charge in [-0.3, -0.25) is 0 Å². The van der Waals surface area contributed by atoms with Crippen LogP contribution in [-0.2, 0) is 0 Å². The van der Waals surface area contributed by atoms with Gasteiger partial charge in [-0.15, -0.1) is 11.6 Å². The van der Waals surface area contributed by atoms with E-state index in [2.05, 4.69) is 62.4 Å². The van der Waals surface area contributed by atoms with E-state index < -0.39 is 0 Å². The van der Waals surface area contributed by atoms with Crippen LogP contribution in [0.2, 0.25) is 0 Å². The van der Waals surface area contributed by atoms with Crippen molar-refractivity contribution in [3.63, 3.8) is 0 Å². The topological polar surface area (TPSA) is 24.3 Å². The van der Waals surface area contributed by atoms with Gasteiger partial charge < -0.3 is 9.91 Å². The van der Waals surface area contributed by atoms with E-state index in [4.69, 9.17) is 16.6 Å². The van der Waals surface area contributed by atoms with Crippen molar-refractivity contribution in [1.29, 1.82) is 0 Å². The summed E-state index contributed by atoms with van der Waals surface area (Å²) in [6.07, 6.45) is 0. The van der Waals surface area contributed by atoms with Crippen molar-refractivity contribution in [2.75, 3.05) is 38.2 Å². The molecular formula is C14H18ClIN4. The maximum Gasteiger partial charge on any atom is 0.146 e. The Kier molecular flexibility index (Phi) is 4.10. The number of alkyl halides is 1. The second-order valence-electron chi connectivity index (χ2n) is 5.29.